The third kappa shape index (κ3) is 17.7. The molecule has 0 spiro atoms. The maximum Gasteiger partial charge on any atom is 0.470 e. The van der Waals surface area contributed by atoms with E-state index in [0.717, 1.165) is 0 Å². The minimum absolute atomic E-state index is 0.120. The van der Waals surface area contributed by atoms with Crippen molar-refractivity contribution in [2.75, 3.05) is 0 Å². The normalized spacial score (nSPS) is 10.5. The Balaban J connectivity index is 0. The van der Waals surface area contributed by atoms with E-state index >= 15 is 0 Å². The summed E-state index contributed by atoms with van der Waals surface area (Å²) in [6, 6.07) is 0. The molecule has 0 saturated heterocycles. The average Bonchev–Trinajstić information content (AvgIpc) is 1.59. The molecule has 6 heteroatoms. The van der Waals surface area contributed by atoms with E-state index in [-0.39, 0.29) is 8.80 Å². The molecule has 0 rings (SSSR count). The van der Waals surface area contributed by atoms with E-state index in [1.807, 2.05) is 0 Å². The number of hydrogen-bond acceptors (Lipinski definition) is 1. The average molecular weight is 186 g/mol. The lowest BCUT2D eigenvalue weighted by atomic mass is 10.6. The van der Waals surface area contributed by atoms with E-state index in [2.05, 4.69) is 25.4 Å². The number of carbonyl (C=O) groups is 1. The smallest absolute Gasteiger partial charge is 0.362 e. The molecule has 2 N–H and O–H groups in total. The standard InChI is InChI=1S/C3H9Si.C2H2F3NO/c1-4(2)3;3-2(4,5)1(6)7/h1-3H3;(H2,6,7). The molecular formula is C5H11F3NOSi. The Morgan fingerprint density at radius 3 is 1.36 bits per heavy atom. The van der Waals surface area contributed by atoms with Crippen LogP contribution in [0.4, 0.5) is 13.2 Å². The van der Waals surface area contributed by atoms with Crippen LogP contribution in [0.3, 0.4) is 0 Å². The molecule has 0 saturated carbocycles. The van der Waals surface area contributed by atoms with E-state index in [9.17, 15) is 13.2 Å². The van der Waals surface area contributed by atoms with Gasteiger partial charge in [0.2, 0.25) is 0 Å². The van der Waals surface area contributed by atoms with Gasteiger partial charge in [-0.2, -0.15) is 13.2 Å². The van der Waals surface area contributed by atoms with Gasteiger partial charge in [-0.3, -0.25) is 4.79 Å². The zero-order valence-corrected chi connectivity index (χ0v) is 7.62. The summed E-state index contributed by atoms with van der Waals surface area (Å²) < 4.78 is 32.1. The molecule has 2 nitrogen and oxygen atoms in total. The first-order valence-corrected chi connectivity index (χ1v) is 5.81. The van der Waals surface area contributed by atoms with E-state index in [0.29, 0.717) is 0 Å². The Labute approximate surface area is 65.2 Å². The molecular weight excluding hydrogens is 175 g/mol. The number of hydrogen-bond donors (Lipinski definition) is 1. The maximum absolute atomic E-state index is 10.7. The lowest BCUT2D eigenvalue weighted by Gasteiger charge is -1.95. The van der Waals surface area contributed by atoms with Gasteiger partial charge < -0.3 is 5.73 Å². The van der Waals surface area contributed by atoms with E-state index < -0.39 is 12.1 Å². The first-order valence-electron chi connectivity index (χ1n) is 2.81. The Morgan fingerprint density at radius 1 is 1.27 bits per heavy atom. The van der Waals surface area contributed by atoms with Gasteiger partial charge in [-0.25, -0.2) is 0 Å². The van der Waals surface area contributed by atoms with Gasteiger partial charge in [0.1, 0.15) is 0 Å². The minimum Gasteiger partial charge on any atom is -0.362 e. The highest BCUT2D eigenvalue weighted by Crippen LogP contribution is 2.11. The number of rotatable bonds is 0. The largest absolute Gasteiger partial charge is 0.470 e. The molecule has 0 heterocycles. The van der Waals surface area contributed by atoms with Crippen molar-refractivity contribution in [2.24, 2.45) is 5.73 Å². The van der Waals surface area contributed by atoms with E-state index in [4.69, 9.17) is 4.79 Å². The lowest BCUT2D eigenvalue weighted by Crippen LogP contribution is -2.30. The van der Waals surface area contributed by atoms with Crippen molar-refractivity contribution in [3.63, 3.8) is 0 Å². The predicted octanol–water partition coefficient (Wildman–Crippen LogP) is 1.40. The summed E-state index contributed by atoms with van der Waals surface area (Å²) in [7, 11) is 0.120. The first kappa shape index (κ1) is 13.1. The van der Waals surface area contributed by atoms with Crippen LogP contribution in [-0.2, 0) is 4.79 Å². The quantitative estimate of drug-likeness (QED) is 0.571. The fraction of sp³-hybridized carbons (Fsp3) is 0.800. The van der Waals surface area contributed by atoms with Crippen molar-refractivity contribution in [1.82, 2.24) is 0 Å². The summed E-state index contributed by atoms with van der Waals surface area (Å²) in [5.74, 6) is -2.26. The molecule has 0 aliphatic carbocycles. The molecule has 0 aromatic carbocycles. The topological polar surface area (TPSA) is 43.1 Å². The lowest BCUT2D eigenvalue weighted by molar-refractivity contribution is -0.169. The Morgan fingerprint density at radius 2 is 1.36 bits per heavy atom. The highest BCUT2D eigenvalue weighted by molar-refractivity contribution is 6.54. The van der Waals surface area contributed by atoms with Crippen LogP contribution in [0, 0.1) is 0 Å². The zero-order valence-electron chi connectivity index (χ0n) is 6.62. The zero-order chi connectivity index (χ0) is 9.65. The van der Waals surface area contributed by atoms with Crippen molar-refractivity contribution in [3.8, 4) is 0 Å². The first-order chi connectivity index (χ1) is 4.68. The van der Waals surface area contributed by atoms with Crippen LogP contribution >= 0.6 is 0 Å². The molecule has 0 unspecified atom stereocenters. The van der Waals surface area contributed by atoms with Crippen LogP contribution in [0.15, 0.2) is 0 Å². The molecule has 0 aliphatic rings. The number of amides is 1. The molecule has 0 bridgehead atoms. The summed E-state index contributed by atoms with van der Waals surface area (Å²) in [5, 5.41) is 0. The van der Waals surface area contributed by atoms with Crippen LogP contribution in [0.25, 0.3) is 0 Å². The van der Waals surface area contributed by atoms with Crippen LogP contribution < -0.4 is 5.73 Å². The summed E-state index contributed by atoms with van der Waals surface area (Å²) in [6.45, 7) is 6.81. The molecule has 0 aliphatic heterocycles. The van der Waals surface area contributed by atoms with E-state index in [1.54, 1.807) is 0 Å². The molecule has 0 fully saturated rings. The number of primary amides is 1. The minimum atomic E-state index is -4.86. The highest BCUT2D eigenvalue weighted by Gasteiger charge is 2.35. The Kier molecular flexibility index (Phi) is 6.15. The molecule has 0 aromatic rings. The second-order valence-electron chi connectivity index (χ2n) is 2.36. The second kappa shape index (κ2) is 5.17. The van der Waals surface area contributed by atoms with Crippen LogP contribution in [0.2, 0.25) is 19.6 Å². The summed E-state index contributed by atoms with van der Waals surface area (Å²) >= 11 is 0. The highest BCUT2D eigenvalue weighted by atomic mass is 28.3. The van der Waals surface area contributed by atoms with Crippen molar-refractivity contribution in [1.29, 1.82) is 0 Å². The van der Waals surface area contributed by atoms with Crippen molar-refractivity contribution in [2.45, 2.75) is 25.8 Å². The van der Waals surface area contributed by atoms with Gasteiger partial charge in [-0.15, -0.1) is 0 Å². The van der Waals surface area contributed by atoms with Gasteiger partial charge in [0, 0.05) is 8.80 Å². The summed E-state index contributed by atoms with van der Waals surface area (Å²) in [4.78, 5) is 9.12. The number of alkyl halides is 3. The molecule has 1 amide bonds. The molecule has 11 heavy (non-hydrogen) atoms. The van der Waals surface area contributed by atoms with Gasteiger partial charge in [-0.05, 0) is 0 Å². The maximum atomic E-state index is 10.7. The molecule has 0 atom stereocenters. The van der Waals surface area contributed by atoms with Gasteiger partial charge in [0.25, 0.3) is 0 Å². The number of nitrogens with two attached hydrogens (primary N) is 1. The molecule has 0 aromatic heterocycles. The van der Waals surface area contributed by atoms with Crippen molar-refractivity contribution < 1.29 is 18.0 Å². The van der Waals surface area contributed by atoms with E-state index in [1.165, 1.54) is 0 Å². The van der Waals surface area contributed by atoms with Gasteiger partial charge in [-0.1, -0.05) is 19.6 Å². The number of halogens is 3. The van der Waals surface area contributed by atoms with Gasteiger partial charge in [0.05, 0.1) is 0 Å². The number of carbonyl (C=O) groups excluding carboxylic acids is 1. The fourth-order valence-electron chi connectivity index (χ4n) is 0. The predicted molar refractivity (Wildman–Crippen MR) is 38.6 cm³/mol. The summed E-state index contributed by atoms with van der Waals surface area (Å²) in [5.41, 5.74) is 3.81. The SMILES string of the molecule is C[Si](C)C.NC(=O)C(F)(F)F. The van der Waals surface area contributed by atoms with Gasteiger partial charge >= 0.3 is 12.1 Å². The van der Waals surface area contributed by atoms with Crippen LogP contribution in [-0.4, -0.2) is 20.9 Å². The van der Waals surface area contributed by atoms with Crippen LogP contribution in [0.5, 0.6) is 0 Å². The monoisotopic (exact) mass is 186 g/mol. The fourth-order valence-corrected chi connectivity index (χ4v) is 0. The summed E-state index contributed by atoms with van der Waals surface area (Å²) in [6.07, 6.45) is -4.86. The second-order valence-corrected chi connectivity index (χ2v) is 5.36. The molecule has 67 valence electrons. The van der Waals surface area contributed by atoms with Gasteiger partial charge in [0.15, 0.2) is 0 Å². The Bertz CT molecular complexity index is 121. The van der Waals surface area contributed by atoms with Crippen molar-refractivity contribution in [3.05, 3.63) is 0 Å². The van der Waals surface area contributed by atoms with Crippen LogP contribution in [0.1, 0.15) is 0 Å². The van der Waals surface area contributed by atoms with Crippen molar-refractivity contribution >= 4 is 14.7 Å². The third-order valence-corrected chi connectivity index (χ3v) is 0.279. The Hall–Kier alpha value is -0.523. The molecule has 1 radical (unpaired) electrons. The third-order valence-electron chi connectivity index (χ3n) is 0.279.